The standard InChI is InChI=1S/C10H13NO2S/c12-10-7(2-1-3-9(10)14)8-6-13-5-4-11-8/h1-3,8,11-12,14H,4-6H2/t8-/m0/s1. The van der Waals surface area contributed by atoms with Crippen molar-refractivity contribution in [3.8, 4) is 5.75 Å². The van der Waals surface area contributed by atoms with E-state index in [1.165, 1.54) is 0 Å². The maximum Gasteiger partial charge on any atom is 0.133 e. The van der Waals surface area contributed by atoms with Gasteiger partial charge in [-0.2, -0.15) is 0 Å². The zero-order valence-corrected chi connectivity index (χ0v) is 8.63. The molecule has 76 valence electrons. The van der Waals surface area contributed by atoms with Gasteiger partial charge < -0.3 is 15.2 Å². The highest BCUT2D eigenvalue weighted by Gasteiger charge is 2.18. The minimum absolute atomic E-state index is 0.0795. The predicted octanol–water partition coefficient (Wildman–Crippen LogP) is 1.34. The first kappa shape index (κ1) is 9.83. The van der Waals surface area contributed by atoms with Gasteiger partial charge >= 0.3 is 0 Å². The summed E-state index contributed by atoms with van der Waals surface area (Å²) in [6.45, 7) is 2.16. The molecule has 0 aromatic heterocycles. The van der Waals surface area contributed by atoms with Gasteiger partial charge in [0, 0.05) is 17.0 Å². The highest BCUT2D eigenvalue weighted by atomic mass is 32.1. The van der Waals surface area contributed by atoms with E-state index < -0.39 is 0 Å². The van der Waals surface area contributed by atoms with E-state index >= 15 is 0 Å². The van der Waals surface area contributed by atoms with Gasteiger partial charge in [0.15, 0.2) is 0 Å². The van der Waals surface area contributed by atoms with Gasteiger partial charge in [-0.25, -0.2) is 0 Å². The van der Waals surface area contributed by atoms with Crippen molar-refractivity contribution in [2.75, 3.05) is 19.8 Å². The fourth-order valence-electron chi connectivity index (χ4n) is 1.60. The molecule has 0 amide bonds. The number of phenols is 1. The Balaban J connectivity index is 2.26. The number of ether oxygens (including phenoxy) is 1. The lowest BCUT2D eigenvalue weighted by Gasteiger charge is -2.25. The van der Waals surface area contributed by atoms with Gasteiger partial charge in [0.25, 0.3) is 0 Å². The van der Waals surface area contributed by atoms with Crippen molar-refractivity contribution in [2.45, 2.75) is 10.9 Å². The molecule has 1 aromatic rings. The van der Waals surface area contributed by atoms with Crippen LogP contribution in [0.5, 0.6) is 5.75 Å². The van der Waals surface area contributed by atoms with Crippen molar-refractivity contribution < 1.29 is 9.84 Å². The van der Waals surface area contributed by atoms with Crippen LogP contribution in [-0.4, -0.2) is 24.9 Å². The SMILES string of the molecule is Oc1c(S)cccc1[C@@H]1COCCN1. The number of aromatic hydroxyl groups is 1. The highest BCUT2D eigenvalue weighted by molar-refractivity contribution is 7.80. The summed E-state index contributed by atoms with van der Waals surface area (Å²) in [5, 5.41) is 13.1. The molecule has 2 N–H and O–H groups in total. The Hall–Kier alpha value is -0.710. The van der Waals surface area contributed by atoms with E-state index in [9.17, 15) is 5.11 Å². The third-order valence-electron chi connectivity index (χ3n) is 2.34. The monoisotopic (exact) mass is 211 g/mol. The second kappa shape index (κ2) is 4.21. The van der Waals surface area contributed by atoms with Crippen LogP contribution in [0.25, 0.3) is 0 Å². The van der Waals surface area contributed by atoms with Crippen LogP contribution in [0, 0.1) is 0 Å². The maximum absolute atomic E-state index is 9.78. The Morgan fingerprint density at radius 2 is 2.36 bits per heavy atom. The molecule has 4 heteroatoms. The Labute approximate surface area is 88.5 Å². The molecule has 1 aromatic carbocycles. The minimum Gasteiger partial charge on any atom is -0.506 e. The Kier molecular flexibility index (Phi) is 2.96. The normalized spacial score (nSPS) is 22.2. The molecule has 14 heavy (non-hydrogen) atoms. The maximum atomic E-state index is 9.78. The Bertz CT molecular complexity index is 324. The molecule has 1 aliphatic heterocycles. The number of thiol groups is 1. The molecule has 0 bridgehead atoms. The summed E-state index contributed by atoms with van der Waals surface area (Å²) < 4.78 is 5.33. The smallest absolute Gasteiger partial charge is 0.133 e. The lowest BCUT2D eigenvalue weighted by molar-refractivity contribution is 0.0760. The van der Waals surface area contributed by atoms with Crippen LogP contribution in [0.4, 0.5) is 0 Å². The molecule has 1 fully saturated rings. The zero-order valence-electron chi connectivity index (χ0n) is 7.73. The quantitative estimate of drug-likeness (QED) is 0.614. The molecule has 0 spiro atoms. The molecule has 0 aliphatic carbocycles. The molecule has 3 nitrogen and oxygen atoms in total. The van der Waals surface area contributed by atoms with Gasteiger partial charge in [-0.05, 0) is 6.07 Å². The van der Waals surface area contributed by atoms with E-state index in [-0.39, 0.29) is 11.8 Å². The van der Waals surface area contributed by atoms with E-state index in [0.29, 0.717) is 11.5 Å². The first-order valence-electron chi connectivity index (χ1n) is 4.61. The van der Waals surface area contributed by atoms with Gasteiger partial charge in [0.05, 0.1) is 19.3 Å². The van der Waals surface area contributed by atoms with Crippen LogP contribution >= 0.6 is 12.6 Å². The van der Waals surface area contributed by atoms with Gasteiger partial charge in [-0.3, -0.25) is 0 Å². The first-order valence-corrected chi connectivity index (χ1v) is 5.05. The van der Waals surface area contributed by atoms with Crippen LogP contribution in [0.15, 0.2) is 23.1 Å². The zero-order chi connectivity index (χ0) is 9.97. The fourth-order valence-corrected chi connectivity index (χ4v) is 1.81. The van der Waals surface area contributed by atoms with E-state index in [0.717, 1.165) is 18.7 Å². The molecule has 2 rings (SSSR count). The first-order chi connectivity index (χ1) is 6.79. The molecule has 1 atom stereocenters. The van der Waals surface area contributed by atoms with Crippen LogP contribution < -0.4 is 5.32 Å². The number of benzene rings is 1. The van der Waals surface area contributed by atoms with Crippen molar-refractivity contribution in [3.63, 3.8) is 0 Å². The van der Waals surface area contributed by atoms with Crippen LogP contribution in [0.3, 0.4) is 0 Å². The molecular formula is C10H13NO2S. The Morgan fingerprint density at radius 3 is 3.07 bits per heavy atom. The topological polar surface area (TPSA) is 41.5 Å². The summed E-state index contributed by atoms with van der Waals surface area (Å²) in [5.41, 5.74) is 0.859. The summed E-state index contributed by atoms with van der Waals surface area (Å²) in [4.78, 5) is 0.606. The number of phenolic OH excluding ortho intramolecular Hbond substituents is 1. The summed E-state index contributed by atoms with van der Waals surface area (Å²) >= 11 is 4.17. The summed E-state index contributed by atoms with van der Waals surface area (Å²) in [6, 6.07) is 5.62. The molecule has 0 saturated carbocycles. The highest BCUT2D eigenvalue weighted by Crippen LogP contribution is 2.30. The van der Waals surface area contributed by atoms with Crippen molar-refractivity contribution >= 4 is 12.6 Å². The summed E-state index contributed by atoms with van der Waals surface area (Å²) in [6.07, 6.45) is 0. The predicted molar refractivity (Wildman–Crippen MR) is 56.9 cm³/mol. The Morgan fingerprint density at radius 1 is 1.50 bits per heavy atom. The van der Waals surface area contributed by atoms with Gasteiger partial charge in [-0.1, -0.05) is 12.1 Å². The van der Waals surface area contributed by atoms with Gasteiger partial charge in [0.1, 0.15) is 5.75 Å². The van der Waals surface area contributed by atoms with Crippen molar-refractivity contribution in [2.24, 2.45) is 0 Å². The average molecular weight is 211 g/mol. The number of rotatable bonds is 1. The molecule has 0 radical (unpaired) electrons. The lowest BCUT2D eigenvalue weighted by atomic mass is 10.1. The van der Waals surface area contributed by atoms with E-state index in [2.05, 4.69) is 17.9 Å². The van der Waals surface area contributed by atoms with Crippen molar-refractivity contribution in [1.82, 2.24) is 5.32 Å². The number of morpholine rings is 1. The van der Waals surface area contributed by atoms with E-state index in [1.54, 1.807) is 6.07 Å². The number of para-hydroxylation sites is 1. The fraction of sp³-hybridized carbons (Fsp3) is 0.400. The number of hydrogen-bond donors (Lipinski definition) is 3. The third kappa shape index (κ3) is 1.87. The average Bonchev–Trinajstić information content (AvgIpc) is 2.23. The minimum atomic E-state index is 0.0795. The van der Waals surface area contributed by atoms with Crippen LogP contribution in [-0.2, 0) is 4.74 Å². The second-order valence-electron chi connectivity index (χ2n) is 3.30. The van der Waals surface area contributed by atoms with E-state index in [1.807, 2.05) is 12.1 Å². The van der Waals surface area contributed by atoms with Crippen molar-refractivity contribution in [3.05, 3.63) is 23.8 Å². The van der Waals surface area contributed by atoms with Crippen LogP contribution in [0.2, 0.25) is 0 Å². The number of hydrogen-bond acceptors (Lipinski definition) is 4. The van der Waals surface area contributed by atoms with Crippen molar-refractivity contribution in [1.29, 1.82) is 0 Å². The molecule has 1 heterocycles. The number of nitrogens with one attached hydrogen (secondary N) is 1. The summed E-state index contributed by atoms with van der Waals surface area (Å²) in [5.74, 6) is 0.249. The largest absolute Gasteiger partial charge is 0.506 e. The van der Waals surface area contributed by atoms with Gasteiger partial charge in [0.2, 0.25) is 0 Å². The third-order valence-corrected chi connectivity index (χ3v) is 2.70. The lowest BCUT2D eigenvalue weighted by Crippen LogP contribution is -2.34. The second-order valence-corrected chi connectivity index (χ2v) is 3.78. The molecule has 0 unspecified atom stereocenters. The molecule has 1 aliphatic rings. The van der Waals surface area contributed by atoms with Crippen LogP contribution in [0.1, 0.15) is 11.6 Å². The molecule has 1 saturated heterocycles. The summed E-state index contributed by atoms with van der Waals surface area (Å²) in [7, 11) is 0. The van der Waals surface area contributed by atoms with Gasteiger partial charge in [-0.15, -0.1) is 12.6 Å². The van der Waals surface area contributed by atoms with E-state index in [4.69, 9.17) is 4.74 Å². The molecular weight excluding hydrogens is 198 g/mol.